The van der Waals surface area contributed by atoms with Crippen LogP contribution in [0.1, 0.15) is 61.9 Å². The fraction of sp³-hybridized carbons (Fsp3) is 0.393. The molecule has 194 valence electrons. The molecule has 4 rings (SSSR count). The van der Waals surface area contributed by atoms with Gasteiger partial charge in [-0.25, -0.2) is 14.6 Å². The number of nitrogens with zero attached hydrogens (tertiary/aromatic N) is 3. The summed E-state index contributed by atoms with van der Waals surface area (Å²) < 4.78 is 0. The third-order valence-electron chi connectivity index (χ3n) is 6.79. The molecule has 0 spiro atoms. The number of carbonyl (C=O) groups excluding carboxylic acids is 3. The van der Waals surface area contributed by atoms with Crippen molar-refractivity contribution in [2.75, 3.05) is 23.3 Å². The number of rotatable bonds is 8. The quantitative estimate of drug-likeness (QED) is 0.536. The van der Waals surface area contributed by atoms with Crippen molar-refractivity contribution >= 4 is 40.8 Å². The number of carboxylic acids is 1. The number of hydrogen-bond acceptors (Lipinski definition) is 5. The second-order valence-electron chi connectivity index (χ2n) is 9.82. The van der Waals surface area contributed by atoms with Gasteiger partial charge in [0, 0.05) is 23.1 Å². The molecule has 2 aliphatic rings. The normalized spacial score (nSPS) is 16.2. The molecular weight excluding hydrogens is 472 g/mol. The molecule has 0 saturated heterocycles. The Labute approximate surface area is 216 Å². The maximum Gasteiger partial charge on any atom is 0.345 e. The van der Waals surface area contributed by atoms with Gasteiger partial charge in [-0.15, -0.1) is 0 Å². The van der Waals surface area contributed by atoms with E-state index in [1.165, 1.54) is 23.1 Å². The minimum atomic E-state index is -1.11. The number of amides is 3. The number of anilines is 2. The second kappa shape index (κ2) is 11.4. The van der Waals surface area contributed by atoms with Gasteiger partial charge in [-0.05, 0) is 37.1 Å². The lowest BCUT2D eigenvalue weighted by atomic mass is 9.83. The summed E-state index contributed by atoms with van der Waals surface area (Å²) in [6.45, 7) is 3.07. The number of urea groups is 1. The predicted octanol–water partition coefficient (Wildman–Crippen LogP) is 4.78. The van der Waals surface area contributed by atoms with E-state index >= 15 is 0 Å². The molecule has 1 heterocycles. The third-order valence-corrected chi connectivity index (χ3v) is 6.79. The molecule has 0 atom stereocenters. The van der Waals surface area contributed by atoms with Crippen LogP contribution in [0.4, 0.5) is 16.2 Å². The van der Waals surface area contributed by atoms with Gasteiger partial charge in [0.25, 0.3) is 0 Å². The predicted molar refractivity (Wildman–Crippen MR) is 141 cm³/mol. The van der Waals surface area contributed by atoms with Gasteiger partial charge < -0.3 is 10.4 Å². The first kappa shape index (κ1) is 26.1. The number of hydrazone groups is 1. The van der Waals surface area contributed by atoms with Gasteiger partial charge in [-0.3, -0.25) is 14.5 Å². The van der Waals surface area contributed by atoms with Crippen LogP contribution in [0.15, 0.2) is 53.6 Å². The molecule has 1 saturated carbocycles. The average Bonchev–Trinajstić information content (AvgIpc) is 3.00. The molecule has 1 fully saturated rings. The number of nitrogens with one attached hydrogen (secondary N) is 1. The number of Topliss-reactive ketones (excluding diaryl/α,β-unsaturated/α-hetero) is 1. The molecule has 0 unspecified atom stereocenters. The number of fused-ring (bicyclic) bond motifs is 1. The van der Waals surface area contributed by atoms with Crippen molar-refractivity contribution < 1.29 is 24.3 Å². The van der Waals surface area contributed by atoms with E-state index in [1.54, 1.807) is 19.9 Å². The summed E-state index contributed by atoms with van der Waals surface area (Å²) >= 11 is 0. The Hall–Kier alpha value is -4.01. The number of hydrogen-bond donors (Lipinski definition) is 2. The lowest BCUT2D eigenvalue weighted by Crippen LogP contribution is -2.46. The van der Waals surface area contributed by atoms with Crippen molar-refractivity contribution in [1.29, 1.82) is 0 Å². The highest BCUT2D eigenvalue weighted by atomic mass is 16.4. The summed E-state index contributed by atoms with van der Waals surface area (Å²) in [7, 11) is 0. The number of carboxylic acid groups (broad SMARTS) is 1. The van der Waals surface area contributed by atoms with Crippen molar-refractivity contribution in [3.8, 4) is 0 Å². The SMILES string of the molecule is CC(C)C(=O)CN1C(=O)N(CC(=O)Nc2cccc(C(=O)O)c2)N=C(C2CCCCC2)c2ccccc21. The lowest BCUT2D eigenvalue weighted by molar-refractivity contribution is -0.120. The molecule has 0 radical (unpaired) electrons. The van der Waals surface area contributed by atoms with Crippen LogP contribution < -0.4 is 10.2 Å². The monoisotopic (exact) mass is 504 g/mol. The molecule has 1 aliphatic heterocycles. The molecule has 3 amide bonds. The van der Waals surface area contributed by atoms with E-state index in [-0.39, 0.29) is 36.3 Å². The third kappa shape index (κ3) is 6.04. The van der Waals surface area contributed by atoms with Crippen molar-refractivity contribution in [2.24, 2.45) is 16.9 Å². The summed E-state index contributed by atoms with van der Waals surface area (Å²) in [6, 6.07) is 12.8. The van der Waals surface area contributed by atoms with Gasteiger partial charge in [-0.2, -0.15) is 5.10 Å². The number of benzene rings is 2. The number of aromatic carboxylic acids is 1. The maximum absolute atomic E-state index is 13.8. The Morgan fingerprint density at radius 3 is 2.46 bits per heavy atom. The lowest BCUT2D eigenvalue weighted by Gasteiger charge is -2.26. The van der Waals surface area contributed by atoms with Gasteiger partial charge in [0.2, 0.25) is 5.91 Å². The zero-order valence-electron chi connectivity index (χ0n) is 21.1. The smallest absolute Gasteiger partial charge is 0.345 e. The summed E-state index contributed by atoms with van der Waals surface area (Å²) in [6.07, 6.45) is 5.16. The number of para-hydroxylation sites is 1. The second-order valence-corrected chi connectivity index (χ2v) is 9.82. The largest absolute Gasteiger partial charge is 0.478 e. The maximum atomic E-state index is 13.8. The van der Waals surface area contributed by atoms with Gasteiger partial charge in [0.1, 0.15) is 6.54 Å². The molecule has 2 aromatic rings. The molecule has 0 aromatic heterocycles. The van der Waals surface area contributed by atoms with E-state index in [2.05, 4.69) is 5.32 Å². The molecule has 9 heteroatoms. The van der Waals surface area contributed by atoms with Crippen molar-refractivity contribution in [3.05, 3.63) is 59.7 Å². The van der Waals surface area contributed by atoms with Crippen LogP contribution in [-0.4, -0.2) is 52.6 Å². The molecule has 2 N–H and O–H groups in total. The van der Waals surface area contributed by atoms with Crippen LogP contribution in [-0.2, 0) is 9.59 Å². The summed E-state index contributed by atoms with van der Waals surface area (Å²) in [5.74, 6) is -1.85. The summed E-state index contributed by atoms with van der Waals surface area (Å²) in [5.41, 5.74) is 2.51. The van der Waals surface area contributed by atoms with E-state index in [4.69, 9.17) is 5.10 Å². The zero-order valence-corrected chi connectivity index (χ0v) is 21.1. The highest BCUT2D eigenvalue weighted by Gasteiger charge is 2.35. The summed E-state index contributed by atoms with van der Waals surface area (Å²) in [4.78, 5) is 52.2. The Kier molecular flexibility index (Phi) is 8.01. The van der Waals surface area contributed by atoms with Crippen molar-refractivity contribution in [3.63, 3.8) is 0 Å². The molecule has 2 aromatic carbocycles. The fourth-order valence-corrected chi connectivity index (χ4v) is 4.73. The average molecular weight is 505 g/mol. The molecule has 9 nitrogen and oxygen atoms in total. The van der Waals surface area contributed by atoms with Gasteiger partial charge in [0.15, 0.2) is 5.78 Å². The number of ketones is 1. The van der Waals surface area contributed by atoms with Gasteiger partial charge in [-0.1, -0.05) is 57.4 Å². The summed E-state index contributed by atoms with van der Waals surface area (Å²) in [5, 5.41) is 17.8. The first-order valence-electron chi connectivity index (χ1n) is 12.7. The topological polar surface area (TPSA) is 119 Å². The zero-order chi connectivity index (χ0) is 26.5. The highest BCUT2D eigenvalue weighted by Crippen LogP contribution is 2.34. The van der Waals surface area contributed by atoms with E-state index in [0.717, 1.165) is 48.4 Å². The van der Waals surface area contributed by atoms with Crippen molar-refractivity contribution in [2.45, 2.75) is 46.0 Å². The minimum Gasteiger partial charge on any atom is -0.478 e. The van der Waals surface area contributed by atoms with Crippen LogP contribution >= 0.6 is 0 Å². The number of carbonyl (C=O) groups is 4. The molecular formula is C28H32N4O5. The standard InChI is InChI=1S/C28H32N4O5/c1-18(2)24(33)16-31-23-14-7-6-13-22(23)26(19-9-4-3-5-10-19)30-32(28(31)37)17-25(34)29-21-12-8-11-20(15-21)27(35)36/h6-8,11-15,18-19H,3-5,9-10,16-17H2,1-2H3,(H,29,34)(H,35,36). The van der Waals surface area contributed by atoms with E-state index in [1.807, 2.05) is 24.3 Å². The van der Waals surface area contributed by atoms with Gasteiger partial charge in [0.05, 0.1) is 23.5 Å². The van der Waals surface area contributed by atoms with E-state index in [9.17, 15) is 24.3 Å². The fourth-order valence-electron chi connectivity index (χ4n) is 4.73. The van der Waals surface area contributed by atoms with Crippen molar-refractivity contribution in [1.82, 2.24) is 5.01 Å². The van der Waals surface area contributed by atoms with Crippen LogP contribution in [0.2, 0.25) is 0 Å². The Balaban J connectivity index is 1.68. The Morgan fingerprint density at radius 2 is 1.76 bits per heavy atom. The van der Waals surface area contributed by atoms with Crippen LogP contribution in [0, 0.1) is 11.8 Å². The molecule has 0 bridgehead atoms. The molecule has 37 heavy (non-hydrogen) atoms. The Bertz CT molecular complexity index is 1230. The van der Waals surface area contributed by atoms with E-state index in [0.29, 0.717) is 11.4 Å². The van der Waals surface area contributed by atoms with Crippen LogP contribution in [0.3, 0.4) is 0 Å². The highest BCUT2D eigenvalue weighted by molar-refractivity contribution is 6.13. The van der Waals surface area contributed by atoms with Gasteiger partial charge >= 0.3 is 12.0 Å². The van der Waals surface area contributed by atoms with E-state index < -0.39 is 17.9 Å². The van der Waals surface area contributed by atoms with Crippen LogP contribution in [0.5, 0.6) is 0 Å². The Morgan fingerprint density at radius 1 is 1.03 bits per heavy atom. The minimum absolute atomic E-state index is 0.0371. The molecule has 1 aliphatic carbocycles. The first-order chi connectivity index (χ1) is 17.7. The first-order valence-corrected chi connectivity index (χ1v) is 12.7. The van der Waals surface area contributed by atoms with Crippen LogP contribution in [0.25, 0.3) is 0 Å².